The lowest BCUT2D eigenvalue weighted by molar-refractivity contribution is 0.0517. The summed E-state index contributed by atoms with van der Waals surface area (Å²) in [4.78, 5) is 25.3. The second-order valence-corrected chi connectivity index (χ2v) is 6.89. The monoisotopic (exact) mass is 381 g/mol. The van der Waals surface area contributed by atoms with Gasteiger partial charge in [-0.3, -0.25) is 0 Å². The van der Waals surface area contributed by atoms with Gasteiger partial charge < -0.3 is 19.1 Å². The summed E-state index contributed by atoms with van der Waals surface area (Å²) < 4.78 is 10.3. The number of anilines is 2. The van der Waals surface area contributed by atoms with Crippen LogP contribution in [0.5, 0.6) is 0 Å². The third kappa shape index (κ3) is 3.26. The van der Waals surface area contributed by atoms with E-state index in [1.165, 1.54) is 23.1 Å². The van der Waals surface area contributed by atoms with Crippen LogP contribution < -0.4 is 9.80 Å². The van der Waals surface area contributed by atoms with Gasteiger partial charge in [-0.1, -0.05) is 17.3 Å². The molecule has 1 aliphatic heterocycles. The highest BCUT2D eigenvalue weighted by atomic mass is 16.5. The van der Waals surface area contributed by atoms with E-state index in [0.717, 1.165) is 26.2 Å². The van der Waals surface area contributed by atoms with Crippen LogP contribution in [0.2, 0.25) is 0 Å². The average Bonchev–Trinajstić information content (AvgIpc) is 3.15. The molecule has 3 heterocycles. The normalized spacial score (nSPS) is 14.5. The number of hydrogen-bond acceptors (Lipinski definition) is 8. The van der Waals surface area contributed by atoms with Gasteiger partial charge in [0.2, 0.25) is 5.69 Å². The molecule has 0 saturated carbocycles. The van der Waals surface area contributed by atoms with Crippen molar-refractivity contribution in [3.63, 3.8) is 0 Å². The van der Waals surface area contributed by atoms with Crippen molar-refractivity contribution in [3.05, 3.63) is 41.3 Å². The van der Waals surface area contributed by atoms with Gasteiger partial charge >= 0.3 is 5.97 Å². The van der Waals surface area contributed by atoms with Crippen molar-refractivity contribution in [1.82, 2.24) is 15.1 Å². The summed E-state index contributed by atoms with van der Waals surface area (Å²) in [7, 11) is 0. The van der Waals surface area contributed by atoms with Crippen molar-refractivity contribution in [3.8, 4) is 0 Å². The smallest absolute Gasteiger partial charge is 0.361 e. The summed E-state index contributed by atoms with van der Waals surface area (Å²) in [5, 5.41) is 4.38. The Bertz CT molecular complexity index is 1010. The number of rotatable bonds is 4. The van der Waals surface area contributed by atoms with Gasteiger partial charge in [0.25, 0.3) is 5.71 Å². The van der Waals surface area contributed by atoms with Crippen molar-refractivity contribution in [1.29, 1.82) is 0 Å². The highest BCUT2D eigenvalue weighted by Crippen LogP contribution is 2.29. The van der Waals surface area contributed by atoms with Crippen molar-refractivity contribution >= 4 is 28.6 Å². The van der Waals surface area contributed by atoms with Crippen LogP contribution in [0.4, 0.5) is 11.5 Å². The predicted molar refractivity (Wildman–Crippen MR) is 106 cm³/mol. The zero-order valence-electron chi connectivity index (χ0n) is 16.3. The fraction of sp³-hybridized carbons (Fsp3) is 0.400. The molecule has 0 unspecified atom stereocenters. The van der Waals surface area contributed by atoms with Crippen LogP contribution in [0.3, 0.4) is 0 Å². The van der Waals surface area contributed by atoms with E-state index in [1.54, 1.807) is 6.92 Å². The third-order valence-electron chi connectivity index (χ3n) is 5.01. The maximum absolute atomic E-state index is 12.2. The number of fused-ring (bicyclic) bond motifs is 1. The van der Waals surface area contributed by atoms with Crippen LogP contribution in [-0.4, -0.2) is 53.9 Å². The fourth-order valence-corrected chi connectivity index (χ4v) is 3.57. The van der Waals surface area contributed by atoms with E-state index < -0.39 is 5.97 Å². The summed E-state index contributed by atoms with van der Waals surface area (Å²) in [5.74, 6) is 0.140. The molecule has 1 fully saturated rings. The molecule has 1 aromatic carbocycles. The number of carbonyl (C=O) groups excluding carboxylic acids is 1. The minimum Gasteiger partial charge on any atom is -0.461 e. The molecule has 1 saturated heterocycles. The second-order valence-electron chi connectivity index (χ2n) is 6.89. The average molecular weight is 381 g/mol. The number of nitrogens with zero attached hydrogens (tertiary/aromatic N) is 5. The maximum Gasteiger partial charge on any atom is 0.361 e. The minimum absolute atomic E-state index is 0.129. The van der Waals surface area contributed by atoms with Gasteiger partial charge in [-0.2, -0.15) is 4.98 Å². The first-order valence-electron chi connectivity index (χ1n) is 9.43. The molecule has 0 spiro atoms. The van der Waals surface area contributed by atoms with Crippen molar-refractivity contribution in [2.45, 2.75) is 20.8 Å². The number of piperazine rings is 1. The standard InChI is InChI=1S/C20H23N5O3/c1-4-27-20(26)17-16-18(21-12-22-19(16)28-23-17)25-9-7-24(8-10-25)15-11-13(2)5-6-14(15)3/h5-6,11-12H,4,7-10H2,1-3H3. The van der Waals surface area contributed by atoms with Gasteiger partial charge in [0, 0.05) is 31.9 Å². The highest BCUT2D eigenvalue weighted by molar-refractivity contribution is 6.04. The number of esters is 1. The van der Waals surface area contributed by atoms with E-state index in [9.17, 15) is 4.79 Å². The minimum atomic E-state index is -0.522. The van der Waals surface area contributed by atoms with E-state index in [1.807, 2.05) is 0 Å². The van der Waals surface area contributed by atoms with Gasteiger partial charge in [0.1, 0.15) is 17.5 Å². The van der Waals surface area contributed by atoms with Crippen molar-refractivity contribution < 1.29 is 14.1 Å². The molecule has 8 nitrogen and oxygen atoms in total. The van der Waals surface area contributed by atoms with Gasteiger partial charge in [-0.25, -0.2) is 9.78 Å². The van der Waals surface area contributed by atoms with Crippen LogP contribution >= 0.6 is 0 Å². The molecule has 0 aliphatic carbocycles. The van der Waals surface area contributed by atoms with Gasteiger partial charge in [-0.05, 0) is 38.0 Å². The lowest BCUT2D eigenvalue weighted by atomic mass is 10.1. The summed E-state index contributed by atoms with van der Waals surface area (Å²) >= 11 is 0. The summed E-state index contributed by atoms with van der Waals surface area (Å²) in [6.07, 6.45) is 1.44. The number of aromatic nitrogens is 3. The Morgan fingerprint density at radius 3 is 2.64 bits per heavy atom. The molecule has 0 N–H and O–H groups in total. The van der Waals surface area contributed by atoms with E-state index >= 15 is 0 Å². The third-order valence-corrected chi connectivity index (χ3v) is 5.01. The van der Waals surface area contributed by atoms with E-state index in [-0.39, 0.29) is 12.3 Å². The molecule has 0 amide bonds. The van der Waals surface area contributed by atoms with Crippen molar-refractivity contribution in [2.75, 3.05) is 42.6 Å². The zero-order chi connectivity index (χ0) is 19.7. The lowest BCUT2D eigenvalue weighted by Crippen LogP contribution is -2.47. The Kier molecular flexibility index (Phi) is 4.85. The van der Waals surface area contributed by atoms with Crippen LogP contribution in [-0.2, 0) is 4.74 Å². The van der Waals surface area contributed by atoms with Crippen LogP contribution in [0.1, 0.15) is 28.5 Å². The Balaban J connectivity index is 1.60. The molecular weight excluding hydrogens is 358 g/mol. The molecule has 0 atom stereocenters. The van der Waals surface area contributed by atoms with Gasteiger partial charge in [-0.15, -0.1) is 0 Å². The van der Waals surface area contributed by atoms with E-state index in [4.69, 9.17) is 9.26 Å². The van der Waals surface area contributed by atoms with Crippen LogP contribution in [0.25, 0.3) is 11.1 Å². The van der Waals surface area contributed by atoms with Crippen LogP contribution in [0.15, 0.2) is 29.0 Å². The Labute approximate surface area is 163 Å². The summed E-state index contributed by atoms with van der Waals surface area (Å²) in [6, 6.07) is 6.52. The quantitative estimate of drug-likeness (QED) is 0.638. The largest absolute Gasteiger partial charge is 0.461 e. The molecule has 8 heteroatoms. The molecule has 4 rings (SSSR count). The molecule has 0 bridgehead atoms. The Morgan fingerprint density at radius 1 is 1.14 bits per heavy atom. The molecule has 0 radical (unpaired) electrons. The first-order chi connectivity index (χ1) is 13.6. The predicted octanol–water partition coefficient (Wildman–Crippen LogP) is 2.74. The maximum atomic E-state index is 12.2. The van der Waals surface area contributed by atoms with Crippen molar-refractivity contribution in [2.24, 2.45) is 0 Å². The van der Waals surface area contributed by atoms with E-state index in [2.05, 4.69) is 57.0 Å². The molecule has 146 valence electrons. The summed E-state index contributed by atoms with van der Waals surface area (Å²) in [6.45, 7) is 9.53. The number of aryl methyl sites for hydroxylation is 2. The zero-order valence-corrected chi connectivity index (χ0v) is 16.3. The number of ether oxygens (including phenoxy) is 1. The van der Waals surface area contributed by atoms with Gasteiger partial charge in [0.05, 0.1) is 6.61 Å². The lowest BCUT2D eigenvalue weighted by Gasteiger charge is -2.37. The fourth-order valence-electron chi connectivity index (χ4n) is 3.57. The van der Waals surface area contributed by atoms with Crippen LogP contribution in [0, 0.1) is 13.8 Å². The SMILES string of the molecule is CCOC(=O)c1noc2ncnc(N3CCN(c4cc(C)ccc4C)CC3)c12. The molecule has 28 heavy (non-hydrogen) atoms. The van der Waals surface area contributed by atoms with E-state index in [0.29, 0.717) is 16.9 Å². The summed E-state index contributed by atoms with van der Waals surface area (Å²) in [5.41, 5.74) is 4.22. The Morgan fingerprint density at radius 2 is 1.89 bits per heavy atom. The van der Waals surface area contributed by atoms with Gasteiger partial charge in [0.15, 0.2) is 0 Å². The number of hydrogen-bond donors (Lipinski definition) is 0. The highest BCUT2D eigenvalue weighted by Gasteiger charge is 2.27. The molecular formula is C20H23N5O3. The number of carbonyl (C=O) groups is 1. The molecule has 2 aromatic heterocycles. The second kappa shape index (κ2) is 7.46. The topological polar surface area (TPSA) is 84.6 Å². The molecule has 3 aromatic rings. The molecule has 1 aliphatic rings. The first-order valence-corrected chi connectivity index (χ1v) is 9.43. The first kappa shape index (κ1) is 18.2. The Hall–Kier alpha value is -3.16. The number of benzene rings is 1.